The lowest BCUT2D eigenvalue weighted by atomic mass is 10.1. The van der Waals surface area contributed by atoms with Crippen LogP contribution in [-0.4, -0.2) is 50.4 Å². The minimum absolute atomic E-state index is 0.0721. The zero-order valence-electron chi connectivity index (χ0n) is 19.5. The van der Waals surface area contributed by atoms with Crippen molar-refractivity contribution >= 4 is 45.0 Å². The average Bonchev–Trinajstić information content (AvgIpc) is 3.31. The number of carbonyl (C=O) groups is 1. The van der Waals surface area contributed by atoms with E-state index in [-0.39, 0.29) is 12.5 Å². The molecule has 1 aliphatic rings. The predicted octanol–water partition coefficient (Wildman–Crippen LogP) is 2.98. The number of fused-ring (bicyclic) bond motifs is 2. The van der Waals surface area contributed by atoms with Crippen molar-refractivity contribution < 1.29 is 9.53 Å². The Kier molecular flexibility index (Phi) is 5.62. The van der Waals surface area contributed by atoms with E-state index in [2.05, 4.69) is 26.3 Å². The molecular weight excluding hydrogens is 456 g/mol. The van der Waals surface area contributed by atoms with Crippen LogP contribution in [-0.2, 0) is 22.6 Å². The van der Waals surface area contributed by atoms with Crippen molar-refractivity contribution in [2.75, 3.05) is 35.7 Å². The molecule has 10 nitrogen and oxygen atoms in total. The summed E-state index contributed by atoms with van der Waals surface area (Å²) in [5, 5.41) is 11.1. The molecule has 1 amide bonds. The highest BCUT2D eigenvalue weighted by Crippen LogP contribution is 2.23. The smallest absolute Gasteiger partial charge is 0.254 e. The first-order chi connectivity index (χ1) is 17.6. The van der Waals surface area contributed by atoms with Crippen LogP contribution in [0.25, 0.3) is 21.7 Å². The molecule has 180 valence electrons. The SMILES string of the molecule is Nc1nccc2cc(CNc3nccc4nn(Cc5ccc(N6CCOCC6=O)nc5)cc34)ccc12. The van der Waals surface area contributed by atoms with Crippen LogP contribution in [0.3, 0.4) is 0 Å². The first-order valence-corrected chi connectivity index (χ1v) is 11.7. The molecule has 1 aliphatic heterocycles. The summed E-state index contributed by atoms with van der Waals surface area (Å²) in [4.78, 5) is 26.9. The van der Waals surface area contributed by atoms with Crippen molar-refractivity contribution in [2.24, 2.45) is 0 Å². The van der Waals surface area contributed by atoms with E-state index in [0.717, 1.165) is 38.6 Å². The second-order valence-electron chi connectivity index (χ2n) is 8.65. The summed E-state index contributed by atoms with van der Waals surface area (Å²) in [6.45, 7) is 2.30. The second-order valence-corrected chi connectivity index (χ2v) is 8.65. The van der Waals surface area contributed by atoms with E-state index >= 15 is 0 Å². The Morgan fingerprint density at radius 1 is 1.00 bits per heavy atom. The number of morpholine rings is 1. The van der Waals surface area contributed by atoms with Gasteiger partial charge >= 0.3 is 0 Å². The molecule has 1 saturated heterocycles. The minimum Gasteiger partial charge on any atom is -0.383 e. The summed E-state index contributed by atoms with van der Waals surface area (Å²) >= 11 is 0. The van der Waals surface area contributed by atoms with E-state index in [0.29, 0.717) is 37.9 Å². The van der Waals surface area contributed by atoms with Gasteiger partial charge in [0, 0.05) is 36.7 Å². The molecule has 1 aromatic carbocycles. The van der Waals surface area contributed by atoms with Gasteiger partial charge < -0.3 is 15.8 Å². The molecule has 4 aromatic heterocycles. The van der Waals surface area contributed by atoms with Gasteiger partial charge in [-0.15, -0.1) is 0 Å². The van der Waals surface area contributed by atoms with Crippen LogP contribution in [0.4, 0.5) is 17.5 Å². The Balaban J connectivity index is 1.17. The van der Waals surface area contributed by atoms with Gasteiger partial charge in [0.05, 0.1) is 30.6 Å². The van der Waals surface area contributed by atoms with Crippen molar-refractivity contribution in [3.63, 3.8) is 0 Å². The molecule has 0 radical (unpaired) electrons. The van der Waals surface area contributed by atoms with Gasteiger partial charge in [-0.1, -0.05) is 18.2 Å². The molecule has 0 saturated carbocycles. The lowest BCUT2D eigenvalue weighted by Gasteiger charge is -2.25. The number of ether oxygens (including phenoxy) is 1. The normalized spacial score (nSPS) is 14.0. The molecule has 0 unspecified atom stereocenters. The standard InChI is InChI=1S/C26H24N8O2/c27-25-20-3-1-17(11-19(20)5-7-28-25)12-31-26-21-15-33(32-22(21)6-8-29-26)14-18-2-4-23(30-13-18)34-9-10-36-16-24(34)35/h1-8,11,13,15H,9-10,12,14,16H2,(H2,27,28)(H,29,31). The number of pyridine rings is 3. The monoisotopic (exact) mass is 480 g/mol. The van der Waals surface area contributed by atoms with Crippen LogP contribution >= 0.6 is 0 Å². The number of carbonyl (C=O) groups excluding carboxylic acids is 1. The molecule has 36 heavy (non-hydrogen) atoms. The van der Waals surface area contributed by atoms with E-state index < -0.39 is 0 Å². The summed E-state index contributed by atoms with van der Waals surface area (Å²) in [7, 11) is 0. The minimum atomic E-state index is -0.0721. The zero-order chi connectivity index (χ0) is 24.5. The maximum atomic E-state index is 12.0. The number of aromatic nitrogens is 5. The van der Waals surface area contributed by atoms with Gasteiger partial charge in [-0.2, -0.15) is 5.10 Å². The van der Waals surface area contributed by atoms with Crippen molar-refractivity contribution in [3.05, 3.63) is 78.4 Å². The van der Waals surface area contributed by atoms with Gasteiger partial charge in [0.1, 0.15) is 24.1 Å². The number of nitrogens with two attached hydrogens (primary N) is 1. The molecule has 0 spiro atoms. The van der Waals surface area contributed by atoms with Crippen molar-refractivity contribution in [3.8, 4) is 0 Å². The van der Waals surface area contributed by atoms with Crippen LogP contribution in [0.1, 0.15) is 11.1 Å². The highest BCUT2D eigenvalue weighted by molar-refractivity contribution is 5.94. The fraction of sp³-hybridized carbons (Fsp3) is 0.192. The van der Waals surface area contributed by atoms with Crippen LogP contribution in [0.5, 0.6) is 0 Å². The summed E-state index contributed by atoms with van der Waals surface area (Å²) in [5.74, 6) is 1.87. The quantitative estimate of drug-likeness (QED) is 0.380. The molecule has 0 atom stereocenters. The number of hydrogen-bond acceptors (Lipinski definition) is 8. The summed E-state index contributed by atoms with van der Waals surface area (Å²) in [6.07, 6.45) is 7.24. The van der Waals surface area contributed by atoms with Crippen molar-refractivity contribution in [1.29, 1.82) is 0 Å². The third kappa shape index (κ3) is 4.29. The maximum Gasteiger partial charge on any atom is 0.254 e. The van der Waals surface area contributed by atoms with Gasteiger partial charge in [0.2, 0.25) is 0 Å². The first kappa shape index (κ1) is 21.9. The van der Waals surface area contributed by atoms with E-state index in [9.17, 15) is 4.79 Å². The van der Waals surface area contributed by atoms with E-state index in [1.807, 2.05) is 47.3 Å². The molecule has 0 aliphatic carbocycles. The molecule has 0 bridgehead atoms. The lowest BCUT2D eigenvalue weighted by Crippen LogP contribution is -2.42. The average molecular weight is 481 g/mol. The highest BCUT2D eigenvalue weighted by atomic mass is 16.5. The summed E-state index contributed by atoms with van der Waals surface area (Å²) in [5.41, 5.74) is 8.92. The third-order valence-electron chi connectivity index (χ3n) is 6.22. The second kappa shape index (κ2) is 9.23. The molecule has 6 rings (SSSR count). The lowest BCUT2D eigenvalue weighted by molar-refractivity contribution is -0.125. The van der Waals surface area contributed by atoms with Gasteiger partial charge in [0.25, 0.3) is 5.91 Å². The molecular formula is C26H24N8O2. The first-order valence-electron chi connectivity index (χ1n) is 11.7. The Bertz CT molecular complexity index is 1560. The molecule has 3 N–H and O–H groups in total. The van der Waals surface area contributed by atoms with Gasteiger partial charge in [-0.25, -0.2) is 15.0 Å². The summed E-state index contributed by atoms with van der Waals surface area (Å²) in [6, 6.07) is 13.8. The van der Waals surface area contributed by atoms with Crippen molar-refractivity contribution in [1.82, 2.24) is 24.7 Å². The van der Waals surface area contributed by atoms with E-state index in [1.165, 1.54) is 0 Å². The fourth-order valence-electron chi connectivity index (χ4n) is 4.38. The number of amides is 1. The topological polar surface area (TPSA) is 124 Å². The number of anilines is 3. The summed E-state index contributed by atoms with van der Waals surface area (Å²) < 4.78 is 7.07. The highest BCUT2D eigenvalue weighted by Gasteiger charge is 2.21. The number of rotatable bonds is 6. The Morgan fingerprint density at radius 3 is 2.75 bits per heavy atom. The van der Waals surface area contributed by atoms with Gasteiger partial charge in [0.15, 0.2) is 0 Å². The van der Waals surface area contributed by atoms with Crippen LogP contribution < -0.4 is 16.0 Å². The molecule has 5 aromatic rings. The van der Waals surface area contributed by atoms with E-state index in [1.54, 1.807) is 23.5 Å². The van der Waals surface area contributed by atoms with Gasteiger partial charge in [-0.05, 0) is 40.8 Å². The fourth-order valence-corrected chi connectivity index (χ4v) is 4.38. The zero-order valence-corrected chi connectivity index (χ0v) is 19.5. The van der Waals surface area contributed by atoms with Crippen LogP contribution in [0, 0.1) is 0 Å². The largest absolute Gasteiger partial charge is 0.383 e. The van der Waals surface area contributed by atoms with E-state index in [4.69, 9.17) is 15.6 Å². The molecule has 1 fully saturated rings. The number of hydrogen-bond donors (Lipinski definition) is 2. The molecule has 10 heteroatoms. The van der Waals surface area contributed by atoms with Crippen molar-refractivity contribution in [2.45, 2.75) is 13.1 Å². The maximum absolute atomic E-state index is 12.0. The number of benzene rings is 1. The molecule has 5 heterocycles. The number of nitrogens with one attached hydrogen (secondary N) is 1. The Hall–Kier alpha value is -4.57. The van der Waals surface area contributed by atoms with Gasteiger partial charge in [-0.3, -0.25) is 14.4 Å². The third-order valence-corrected chi connectivity index (χ3v) is 6.22. The number of nitrogen functional groups attached to an aromatic ring is 1. The Labute approximate surface area is 206 Å². The number of nitrogens with zero attached hydrogens (tertiary/aromatic N) is 6. The predicted molar refractivity (Wildman–Crippen MR) is 138 cm³/mol. The Morgan fingerprint density at radius 2 is 1.89 bits per heavy atom. The van der Waals surface area contributed by atoms with Crippen LogP contribution in [0.15, 0.2) is 67.3 Å². The van der Waals surface area contributed by atoms with Crippen LogP contribution in [0.2, 0.25) is 0 Å².